The minimum atomic E-state index is -0.885. The van der Waals surface area contributed by atoms with Gasteiger partial charge in [0.25, 0.3) is 0 Å². The van der Waals surface area contributed by atoms with E-state index in [0.717, 1.165) is 11.7 Å². The van der Waals surface area contributed by atoms with Crippen LogP contribution in [0.5, 0.6) is 0 Å². The first-order valence-corrected chi connectivity index (χ1v) is 7.07. The standard InChI is InChI=1S/C13H17NO2S/c15-13(16)11-7-4-8-14-12(11)17-9-10-5-2-1-3-6-10/h4,7-8,10H,1-3,5-6,9H2,(H,15,16). The third kappa shape index (κ3) is 3.46. The highest BCUT2D eigenvalue weighted by Crippen LogP contribution is 2.30. The van der Waals surface area contributed by atoms with Crippen LogP contribution < -0.4 is 0 Å². The van der Waals surface area contributed by atoms with Crippen molar-refractivity contribution in [2.24, 2.45) is 5.92 Å². The lowest BCUT2D eigenvalue weighted by atomic mass is 9.91. The highest BCUT2D eigenvalue weighted by Gasteiger charge is 2.16. The van der Waals surface area contributed by atoms with Gasteiger partial charge in [-0.15, -0.1) is 11.8 Å². The minimum absolute atomic E-state index is 0.327. The number of carboxylic acids is 1. The molecule has 1 aliphatic carbocycles. The van der Waals surface area contributed by atoms with Crippen molar-refractivity contribution >= 4 is 17.7 Å². The van der Waals surface area contributed by atoms with Gasteiger partial charge >= 0.3 is 5.97 Å². The molecule has 2 rings (SSSR count). The van der Waals surface area contributed by atoms with Crippen molar-refractivity contribution in [3.8, 4) is 0 Å². The van der Waals surface area contributed by atoms with Crippen molar-refractivity contribution in [3.63, 3.8) is 0 Å². The van der Waals surface area contributed by atoms with E-state index in [1.807, 2.05) is 0 Å². The van der Waals surface area contributed by atoms with Crippen LogP contribution in [0, 0.1) is 5.92 Å². The number of rotatable bonds is 4. The molecule has 17 heavy (non-hydrogen) atoms. The van der Waals surface area contributed by atoms with Crippen molar-refractivity contribution in [2.45, 2.75) is 37.1 Å². The van der Waals surface area contributed by atoms with E-state index < -0.39 is 5.97 Å². The molecule has 92 valence electrons. The lowest BCUT2D eigenvalue weighted by Gasteiger charge is -2.20. The first kappa shape index (κ1) is 12.4. The van der Waals surface area contributed by atoms with E-state index in [0.29, 0.717) is 10.6 Å². The smallest absolute Gasteiger partial charge is 0.338 e. The number of aromatic nitrogens is 1. The molecular formula is C13H17NO2S. The van der Waals surface area contributed by atoms with E-state index in [4.69, 9.17) is 5.11 Å². The molecule has 3 nitrogen and oxygen atoms in total. The molecule has 0 amide bonds. The molecule has 1 aromatic rings. The van der Waals surface area contributed by atoms with Crippen molar-refractivity contribution in [1.29, 1.82) is 0 Å². The Morgan fingerprint density at radius 3 is 2.88 bits per heavy atom. The van der Waals surface area contributed by atoms with Crippen LogP contribution in [0.15, 0.2) is 23.4 Å². The fourth-order valence-corrected chi connectivity index (χ4v) is 3.39. The summed E-state index contributed by atoms with van der Waals surface area (Å²) in [7, 11) is 0. The van der Waals surface area contributed by atoms with Crippen LogP contribution in [0.4, 0.5) is 0 Å². The molecule has 1 saturated carbocycles. The molecule has 4 heteroatoms. The van der Waals surface area contributed by atoms with Crippen LogP contribution in [0.3, 0.4) is 0 Å². The second kappa shape index (κ2) is 6.05. The zero-order valence-electron chi connectivity index (χ0n) is 9.76. The predicted molar refractivity (Wildman–Crippen MR) is 68.5 cm³/mol. The van der Waals surface area contributed by atoms with Gasteiger partial charge in [-0.25, -0.2) is 9.78 Å². The molecule has 0 saturated heterocycles. The molecule has 0 atom stereocenters. The SMILES string of the molecule is O=C(O)c1cccnc1SCC1CCCCC1. The molecule has 0 radical (unpaired) electrons. The quantitative estimate of drug-likeness (QED) is 0.833. The van der Waals surface area contributed by atoms with Crippen molar-refractivity contribution < 1.29 is 9.90 Å². The van der Waals surface area contributed by atoms with E-state index in [-0.39, 0.29) is 0 Å². The summed E-state index contributed by atoms with van der Waals surface area (Å²) in [5.41, 5.74) is 0.327. The highest BCUT2D eigenvalue weighted by molar-refractivity contribution is 7.99. The summed E-state index contributed by atoms with van der Waals surface area (Å²) in [5, 5.41) is 9.71. The van der Waals surface area contributed by atoms with E-state index in [9.17, 15) is 4.79 Å². The van der Waals surface area contributed by atoms with E-state index in [1.54, 1.807) is 30.1 Å². The Labute approximate surface area is 106 Å². The van der Waals surface area contributed by atoms with Gasteiger partial charge in [0, 0.05) is 11.9 Å². The second-order valence-electron chi connectivity index (χ2n) is 4.48. The Morgan fingerprint density at radius 1 is 1.41 bits per heavy atom. The van der Waals surface area contributed by atoms with Gasteiger partial charge in [-0.1, -0.05) is 19.3 Å². The zero-order chi connectivity index (χ0) is 12.1. The van der Waals surface area contributed by atoms with E-state index in [1.165, 1.54) is 32.1 Å². The molecule has 1 heterocycles. The Hall–Kier alpha value is -1.03. The van der Waals surface area contributed by atoms with Gasteiger partial charge in [0.1, 0.15) is 5.03 Å². The molecule has 1 N–H and O–H groups in total. The summed E-state index contributed by atoms with van der Waals surface area (Å²) in [6, 6.07) is 3.30. The van der Waals surface area contributed by atoms with Gasteiger partial charge in [0.2, 0.25) is 0 Å². The molecular weight excluding hydrogens is 234 g/mol. The van der Waals surface area contributed by atoms with Gasteiger partial charge in [0.05, 0.1) is 5.56 Å². The van der Waals surface area contributed by atoms with Crippen LogP contribution in [-0.2, 0) is 0 Å². The number of nitrogens with zero attached hydrogens (tertiary/aromatic N) is 1. The van der Waals surface area contributed by atoms with Crippen LogP contribution in [0.2, 0.25) is 0 Å². The number of pyridine rings is 1. The third-order valence-corrected chi connectivity index (χ3v) is 4.42. The Morgan fingerprint density at radius 2 is 2.18 bits per heavy atom. The average molecular weight is 251 g/mol. The average Bonchev–Trinajstić information content (AvgIpc) is 2.38. The Bertz CT molecular complexity index is 389. The molecule has 0 aliphatic heterocycles. The molecule has 1 aromatic heterocycles. The van der Waals surface area contributed by atoms with Crippen molar-refractivity contribution in [3.05, 3.63) is 23.9 Å². The number of hydrogen-bond donors (Lipinski definition) is 1. The third-order valence-electron chi connectivity index (χ3n) is 3.18. The van der Waals surface area contributed by atoms with Crippen LogP contribution in [-0.4, -0.2) is 21.8 Å². The van der Waals surface area contributed by atoms with Crippen LogP contribution in [0.1, 0.15) is 42.5 Å². The molecule has 0 aromatic carbocycles. The molecule has 1 aliphatic rings. The van der Waals surface area contributed by atoms with Gasteiger partial charge < -0.3 is 5.11 Å². The summed E-state index contributed by atoms with van der Waals surface area (Å²) < 4.78 is 0. The number of hydrogen-bond acceptors (Lipinski definition) is 3. The van der Waals surface area contributed by atoms with Crippen LogP contribution >= 0.6 is 11.8 Å². The Kier molecular flexibility index (Phi) is 4.42. The normalized spacial score (nSPS) is 16.9. The van der Waals surface area contributed by atoms with Gasteiger partial charge in [-0.3, -0.25) is 0 Å². The number of thioether (sulfide) groups is 1. The molecule has 1 fully saturated rings. The van der Waals surface area contributed by atoms with E-state index >= 15 is 0 Å². The zero-order valence-corrected chi connectivity index (χ0v) is 10.6. The van der Waals surface area contributed by atoms with Gasteiger partial charge in [-0.2, -0.15) is 0 Å². The van der Waals surface area contributed by atoms with Crippen LogP contribution in [0.25, 0.3) is 0 Å². The topological polar surface area (TPSA) is 50.2 Å². The van der Waals surface area contributed by atoms with Crippen molar-refractivity contribution in [1.82, 2.24) is 4.98 Å². The summed E-state index contributed by atoms with van der Waals surface area (Å²) in [6.45, 7) is 0. The fourth-order valence-electron chi connectivity index (χ4n) is 2.22. The number of aromatic carboxylic acids is 1. The van der Waals surface area contributed by atoms with E-state index in [2.05, 4.69) is 4.98 Å². The monoisotopic (exact) mass is 251 g/mol. The predicted octanol–water partition coefficient (Wildman–Crippen LogP) is 3.45. The summed E-state index contributed by atoms with van der Waals surface area (Å²) in [6.07, 6.45) is 8.21. The maximum Gasteiger partial charge on any atom is 0.338 e. The largest absolute Gasteiger partial charge is 0.478 e. The summed E-state index contributed by atoms with van der Waals surface area (Å²) >= 11 is 1.59. The highest BCUT2D eigenvalue weighted by atomic mass is 32.2. The lowest BCUT2D eigenvalue weighted by Crippen LogP contribution is -2.09. The first-order chi connectivity index (χ1) is 8.27. The van der Waals surface area contributed by atoms with Gasteiger partial charge in [0.15, 0.2) is 0 Å². The maximum atomic E-state index is 11.0. The fraction of sp³-hybridized carbons (Fsp3) is 0.538. The molecule has 0 bridgehead atoms. The number of carboxylic acid groups (broad SMARTS) is 1. The first-order valence-electron chi connectivity index (χ1n) is 6.08. The maximum absolute atomic E-state index is 11.0. The molecule has 0 unspecified atom stereocenters. The van der Waals surface area contributed by atoms with Crippen molar-refractivity contribution in [2.75, 3.05) is 5.75 Å². The lowest BCUT2D eigenvalue weighted by molar-refractivity contribution is 0.0692. The van der Waals surface area contributed by atoms with Gasteiger partial charge in [-0.05, 0) is 30.9 Å². The summed E-state index contributed by atoms with van der Waals surface area (Å²) in [5.74, 6) is 0.846. The Balaban J connectivity index is 1.96. The minimum Gasteiger partial charge on any atom is -0.478 e. The summed E-state index contributed by atoms with van der Waals surface area (Å²) in [4.78, 5) is 15.2. The second-order valence-corrected chi connectivity index (χ2v) is 5.49. The number of carbonyl (C=O) groups is 1. The molecule has 0 spiro atoms.